The Morgan fingerprint density at radius 1 is 0.732 bits per heavy atom. The fourth-order valence-electron chi connectivity index (χ4n) is 3.04. The van der Waals surface area contributed by atoms with Gasteiger partial charge >= 0.3 is 24.1 Å². The number of amides is 2. The summed E-state index contributed by atoms with van der Waals surface area (Å²) >= 11 is 0. The van der Waals surface area contributed by atoms with Gasteiger partial charge in [-0.25, -0.2) is 32.3 Å². The number of alkyl carbamates (subject to hydrolysis) is 2. The SMILES string of the molecule is CC(C)(C)OC(=O)NC(C(=O)O)c1c(F)cccc1F.COc1ccc(C(NC(=O)OC(C)(C)C)C(=O)O)cc1F. The van der Waals surface area contributed by atoms with Gasteiger partial charge in [0, 0.05) is 0 Å². The van der Waals surface area contributed by atoms with E-state index in [1.54, 1.807) is 41.5 Å². The summed E-state index contributed by atoms with van der Waals surface area (Å²) in [6.45, 7) is 9.67. The van der Waals surface area contributed by atoms with Crippen molar-refractivity contribution < 1.29 is 56.8 Å². The second-order valence-electron chi connectivity index (χ2n) is 10.4. The largest absolute Gasteiger partial charge is 0.494 e. The molecule has 14 heteroatoms. The second-order valence-corrected chi connectivity index (χ2v) is 10.4. The molecule has 0 spiro atoms. The molecule has 2 aromatic carbocycles. The molecule has 2 amide bonds. The van der Waals surface area contributed by atoms with Gasteiger partial charge in [-0.3, -0.25) is 0 Å². The standard InChI is InChI=1S/C14H18FNO5.C13H15F2NO4/c1-14(2,3)21-13(19)16-11(12(17)18)8-5-6-10(20-4)9(15)7-8;1-13(2,3)20-12(19)16-10(11(17)18)9-7(14)5-4-6-8(9)15/h5-7,11H,1-4H3,(H,16,19)(H,17,18);4-6,10H,1-3H3,(H,16,19)(H,17,18). The fourth-order valence-corrected chi connectivity index (χ4v) is 3.04. The predicted molar refractivity (Wildman–Crippen MR) is 139 cm³/mol. The van der Waals surface area contributed by atoms with Gasteiger partial charge in [0.05, 0.1) is 12.7 Å². The van der Waals surface area contributed by atoms with Crippen molar-refractivity contribution in [3.63, 3.8) is 0 Å². The lowest BCUT2D eigenvalue weighted by Crippen LogP contribution is -2.38. The number of methoxy groups -OCH3 is 1. The number of carboxylic acids is 2. The first-order valence-electron chi connectivity index (χ1n) is 12.0. The van der Waals surface area contributed by atoms with E-state index in [0.29, 0.717) is 0 Å². The summed E-state index contributed by atoms with van der Waals surface area (Å²) in [6, 6.07) is 3.27. The first-order chi connectivity index (χ1) is 18.8. The van der Waals surface area contributed by atoms with Crippen LogP contribution in [0.5, 0.6) is 5.75 Å². The molecule has 0 saturated carbocycles. The Morgan fingerprint density at radius 3 is 1.54 bits per heavy atom. The number of nitrogens with one attached hydrogen (secondary N) is 2. The Balaban J connectivity index is 0.000000410. The number of carboxylic acid groups (broad SMARTS) is 2. The molecule has 0 aliphatic rings. The summed E-state index contributed by atoms with van der Waals surface area (Å²) < 4.78 is 55.3. The zero-order valence-electron chi connectivity index (χ0n) is 23.5. The molecule has 11 nitrogen and oxygen atoms in total. The number of rotatable bonds is 7. The van der Waals surface area contributed by atoms with Crippen LogP contribution < -0.4 is 15.4 Å². The number of benzene rings is 2. The molecular formula is C27H33F3N2O9. The summed E-state index contributed by atoms with van der Waals surface area (Å²) in [7, 11) is 1.30. The number of hydrogen-bond donors (Lipinski definition) is 4. The molecule has 0 aliphatic heterocycles. The second kappa shape index (κ2) is 14.2. The number of halogens is 3. The summed E-state index contributed by atoms with van der Waals surface area (Å²) in [5.74, 6) is -5.78. The van der Waals surface area contributed by atoms with Gasteiger partial charge in [-0.15, -0.1) is 0 Å². The molecule has 41 heavy (non-hydrogen) atoms. The van der Waals surface area contributed by atoms with E-state index in [0.717, 1.165) is 24.3 Å². The maximum absolute atomic E-state index is 13.6. The minimum atomic E-state index is -1.87. The van der Waals surface area contributed by atoms with E-state index in [-0.39, 0.29) is 11.3 Å². The average molecular weight is 587 g/mol. The number of hydrogen-bond acceptors (Lipinski definition) is 7. The van der Waals surface area contributed by atoms with Crippen molar-refractivity contribution >= 4 is 24.1 Å². The molecule has 2 aromatic rings. The molecule has 0 saturated heterocycles. The molecule has 2 atom stereocenters. The Kier molecular flexibility index (Phi) is 12.0. The number of aliphatic carboxylic acids is 2. The topological polar surface area (TPSA) is 160 Å². The lowest BCUT2D eigenvalue weighted by atomic mass is 10.1. The third-order valence-corrected chi connectivity index (χ3v) is 4.61. The summed E-state index contributed by atoms with van der Waals surface area (Å²) in [4.78, 5) is 45.5. The van der Waals surface area contributed by atoms with Crippen LogP contribution in [0, 0.1) is 17.5 Å². The van der Waals surface area contributed by atoms with Crippen molar-refractivity contribution in [1.29, 1.82) is 0 Å². The third kappa shape index (κ3) is 11.6. The molecule has 0 aromatic heterocycles. The first kappa shape index (κ1) is 34.5. The van der Waals surface area contributed by atoms with E-state index in [1.165, 1.54) is 19.2 Å². The van der Waals surface area contributed by atoms with Crippen LogP contribution in [-0.4, -0.2) is 52.7 Å². The Morgan fingerprint density at radius 2 is 1.17 bits per heavy atom. The quantitative estimate of drug-likeness (QED) is 0.346. The summed E-state index contributed by atoms with van der Waals surface area (Å²) in [5.41, 5.74) is -2.29. The van der Waals surface area contributed by atoms with Gasteiger partial charge < -0.3 is 35.1 Å². The molecule has 226 valence electrons. The normalized spacial score (nSPS) is 12.5. The maximum atomic E-state index is 13.6. The molecule has 4 N–H and O–H groups in total. The summed E-state index contributed by atoms with van der Waals surface area (Å²) in [6.07, 6.45) is -1.97. The molecule has 2 unspecified atom stereocenters. The highest BCUT2D eigenvalue weighted by Crippen LogP contribution is 2.23. The number of ether oxygens (including phenoxy) is 3. The zero-order chi connectivity index (χ0) is 31.7. The minimum absolute atomic E-state index is 0.0137. The first-order valence-corrected chi connectivity index (χ1v) is 12.0. The van der Waals surface area contributed by atoms with E-state index >= 15 is 0 Å². The van der Waals surface area contributed by atoms with Crippen molar-refractivity contribution in [2.45, 2.75) is 64.8 Å². The molecule has 0 fully saturated rings. The van der Waals surface area contributed by atoms with Gasteiger partial charge in [0.1, 0.15) is 22.8 Å². The van der Waals surface area contributed by atoms with Crippen molar-refractivity contribution in [2.24, 2.45) is 0 Å². The van der Waals surface area contributed by atoms with E-state index in [4.69, 9.17) is 24.4 Å². The van der Waals surface area contributed by atoms with Crippen LogP contribution in [0.25, 0.3) is 0 Å². The van der Waals surface area contributed by atoms with Crippen LogP contribution in [-0.2, 0) is 19.1 Å². The number of carbonyl (C=O) groups is 4. The van der Waals surface area contributed by atoms with E-state index in [9.17, 15) is 32.3 Å². The lowest BCUT2D eigenvalue weighted by molar-refractivity contribution is -0.140. The smallest absolute Gasteiger partial charge is 0.408 e. The highest BCUT2D eigenvalue weighted by atomic mass is 19.1. The molecule has 0 radical (unpaired) electrons. The minimum Gasteiger partial charge on any atom is -0.494 e. The molecular weight excluding hydrogens is 553 g/mol. The maximum Gasteiger partial charge on any atom is 0.408 e. The average Bonchev–Trinajstić information content (AvgIpc) is 2.79. The molecule has 0 bridgehead atoms. The Bertz CT molecular complexity index is 1240. The van der Waals surface area contributed by atoms with Gasteiger partial charge in [0.25, 0.3) is 0 Å². The highest BCUT2D eigenvalue weighted by Gasteiger charge is 2.30. The van der Waals surface area contributed by atoms with Gasteiger partial charge in [-0.2, -0.15) is 0 Å². The van der Waals surface area contributed by atoms with Crippen LogP contribution in [0.4, 0.5) is 22.8 Å². The lowest BCUT2D eigenvalue weighted by Gasteiger charge is -2.22. The zero-order valence-corrected chi connectivity index (χ0v) is 23.5. The predicted octanol–water partition coefficient (Wildman–Crippen LogP) is 5.10. The number of carbonyl (C=O) groups excluding carboxylic acids is 2. The van der Waals surface area contributed by atoms with E-state index in [2.05, 4.69) is 5.32 Å². The summed E-state index contributed by atoms with van der Waals surface area (Å²) in [5, 5.41) is 22.3. The van der Waals surface area contributed by atoms with Crippen LogP contribution in [0.1, 0.15) is 64.8 Å². The highest BCUT2D eigenvalue weighted by molar-refractivity contribution is 5.82. The van der Waals surface area contributed by atoms with Gasteiger partial charge in [0.15, 0.2) is 23.7 Å². The van der Waals surface area contributed by atoms with Gasteiger partial charge in [-0.05, 0) is 71.4 Å². The van der Waals surface area contributed by atoms with Crippen LogP contribution in [0.15, 0.2) is 36.4 Å². The monoisotopic (exact) mass is 586 g/mol. The third-order valence-electron chi connectivity index (χ3n) is 4.61. The molecule has 2 rings (SSSR count). The van der Waals surface area contributed by atoms with E-state index < -0.39 is 70.4 Å². The van der Waals surface area contributed by atoms with Crippen molar-refractivity contribution in [3.05, 3.63) is 65.0 Å². The van der Waals surface area contributed by atoms with Crippen molar-refractivity contribution in [3.8, 4) is 5.75 Å². The molecule has 0 heterocycles. The van der Waals surface area contributed by atoms with E-state index in [1.807, 2.05) is 5.32 Å². The fraction of sp³-hybridized carbons (Fsp3) is 0.407. The van der Waals surface area contributed by atoms with Crippen molar-refractivity contribution in [1.82, 2.24) is 10.6 Å². The Labute approximate surface area is 234 Å². The van der Waals surface area contributed by atoms with Gasteiger partial charge in [-0.1, -0.05) is 12.1 Å². The van der Waals surface area contributed by atoms with Crippen LogP contribution in [0.2, 0.25) is 0 Å². The Hall–Kier alpha value is -4.49. The van der Waals surface area contributed by atoms with Gasteiger partial charge in [0.2, 0.25) is 0 Å². The van der Waals surface area contributed by atoms with Crippen LogP contribution >= 0.6 is 0 Å². The van der Waals surface area contributed by atoms with Crippen molar-refractivity contribution in [2.75, 3.05) is 7.11 Å². The molecule has 0 aliphatic carbocycles. The van der Waals surface area contributed by atoms with Crippen LogP contribution in [0.3, 0.4) is 0 Å².